The third-order valence-electron chi connectivity index (χ3n) is 2.99. The van der Waals surface area contributed by atoms with Gasteiger partial charge in [0.05, 0.1) is 9.37 Å². The van der Waals surface area contributed by atoms with Crippen molar-refractivity contribution in [3.05, 3.63) is 63.9 Å². The van der Waals surface area contributed by atoms with Gasteiger partial charge in [-0.1, -0.05) is 18.2 Å². The second-order valence-electron chi connectivity index (χ2n) is 4.77. The van der Waals surface area contributed by atoms with Crippen LogP contribution >= 0.6 is 15.9 Å². The molecule has 0 aliphatic heterocycles. The van der Waals surface area contributed by atoms with Gasteiger partial charge in [0.25, 0.3) is 0 Å². The highest BCUT2D eigenvalue weighted by atomic mass is 79.9. The maximum atomic E-state index is 13.1. The summed E-state index contributed by atoms with van der Waals surface area (Å²) in [6.07, 6.45) is 1.19. The van der Waals surface area contributed by atoms with Gasteiger partial charge < -0.3 is 5.32 Å². The normalized spacial score (nSPS) is 11.6. The molecule has 0 heterocycles. The molecule has 0 spiro atoms. The first-order valence-electron chi connectivity index (χ1n) is 6.30. The first kappa shape index (κ1) is 16.1. The molecular weight excluding hydrogens is 357 g/mol. The zero-order chi connectivity index (χ0) is 15.5. The molecule has 0 amide bonds. The molecule has 2 aromatic carbocycles. The highest BCUT2D eigenvalue weighted by Gasteiger charge is 2.06. The third-order valence-corrected chi connectivity index (χ3v) is 4.73. The standard InChI is InChI=1S/C15H15BrFNO2S/c1-21(19,20)13-5-2-11(3-6-13)9-18-10-12-4-7-15(17)14(16)8-12/h2-8,18H,9-10H2,1H3. The number of hydrogen-bond acceptors (Lipinski definition) is 3. The van der Waals surface area contributed by atoms with Gasteiger partial charge in [-0.3, -0.25) is 0 Å². The SMILES string of the molecule is CS(=O)(=O)c1ccc(CNCc2ccc(F)c(Br)c2)cc1. The molecular formula is C15H15BrFNO2S. The molecule has 21 heavy (non-hydrogen) atoms. The average molecular weight is 372 g/mol. The van der Waals surface area contributed by atoms with Gasteiger partial charge >= 0.3 is 0 Å². The topological polar surface area (TPSA) is 46.2 Å². The first-order valence-corrected chi connectivity index (χ1v) is 8.98. The molecule has 0 bridgehead atoms. The monoisotopic (exact) mass is 371 g/mol. The fourth-order valence-corrected chi connectivity index (χ4v) is 2.91. The zero-order valence-corrected chi connectivity index (χ0v) is 13.8. The van der Waals surface area contributed by atoms with Crippen molar-refractivity contribution in [3.8, 4) is 0 Å². The molecule has 0 aliphatic carbocycles. The molecule has 6 heteroatoms. The predicted octanol–water partition coefficient (Wildman–Crippen LogP) is 3.28. The molecule has 0 saturated carbocycles. The summed E-state index contributed by atoms with van der Waals surface area (Å²) >= 11 is 3.15. The quantitative estimate of drug-likeness (QED) is 0.876. The van der Waals surface area contributed by atoms with Gasteiger partial charge in [0.1, 0.15) is 5.82 Å². The Labute approximate surface area is 132 Å². The molecule has 0 aromatic heterocycles. The number of halogens is 2. The summed E-state index contributed by atoms with van der Waals surface area (Å²) < 4.78 is 36.3. The van der Waals surface area contributed by atoms with E-state index in [9.17, 15) is 12.8 Å². The minimum absolute atomic E-state index is 0.282. The molecule has 1 N–H and O–H groups in total. The fourth-order valence-electron chi connectivity index (χ4n) is 1.86. The van der Waals surface area contributed by atoms with Crippen LogP contribution in [0.3, 0.4) is 0 Å². The fraction of sp³-hybridized carbons (Fsp3) is 0.200. The Morgan fingerprint density at radius 1 is 1.05 bits per heavy atom. The van der Waals surface area contributed by atoms with Crippen molar-refractivity contribution in [1.29, 1.82) is 0 Å². The van der Waals surface area contributed by atoms with E-state index >= 15 is 0 Å². The maximum Gasteiger partial charge on any atom is 0.175 e. The molecule has 0 radical (unpaired) electrons. The van der Waals surface area contributed by atoms with Crippen molar-refractivity contribution in [2.45, 2.75) is 18.0 Å². The Bertz CT molecular complexity index is 730. The molecule has 0 unspecified atom stereocenters. The van der Waals surface area contributed by atoms with Gasteiger partial charge in [-0.05, 0) is 51.3 Å². The van der Waals surface area contributed by atoms with Crippen LogP contribution in [0.4, 0.5) is 4.39 Å². The summed E-state index contributed by atoms with van der Waals surface area (Å²) in [4.78, 5) is 0.314. The van der Waals surface area contributed by atoms with Crippen LogP contribution in [0.5, 0.6) is 0 Å². The molecule has 112 valence electrons. The van der Waals surface area contributed by atoms with Crippen LogP contribution in [-0.4, -0.2) is 14.7 Å². The van der Waals surface area contributed by atoms with Crippen LogP contribution in [0.15, 0.2) is 51.8 Å². The van der Waals surface area contributed by atoms with E-state index < -0.39 is 9.84 Å². The zero-order valence-electron chi connectivity index (χ0n) is 11.4. The van der Waals surface area contributed by atoms with E-state index in [2.05, 4.69) is 21.2 Å². The lowest BCUT2D eigenvalue weighted by Gasteiger charge is -2.07. The summed E-state index contributed by atoms with van der Waals surface area (Å²) in [7, 11) is -3.15. The van der Waals surface area contributed by atoms with E-state index in [0.29, 0.717) is 22.5 Å². The lowest BCUT2D eigenvalue weighted by Crippen LogP contribution is -2.12. The summed E-state index contributed by atoms with van der Waals surface area (Å²) in [5, 5.41) is 3.23. The Morgan fingerprint density at radius 3 is 2.19 bits per heavy atom. The van der Waals surface area contributed by atoms with Crippen LogP contribution < -0.4 is 5.32 Å². The minimum Gasteiger partial charge on any atom is -0.309 e. The molecule has 0 fully saturated rings. The van der Waals surface area contributed by atoms with Gasteiger partial charge in [0.2, 0.25) is 0 Å². The Kier molecular flexibility index (Phi) is 5.13. The molecule has 3 nitrogen and oxygen atoms in total. The lowest BCUT2D eigenvalue weighted by atomic mass is 10.2. The van der Waals surface area contributed by atoms with Crippen LogP contribution in [0.25, 0.3) is 0 Å². The van der Waals surface area contributed by atoms with Crippen molar-refractivity contribution in [3.63, 3.8) is 0 Å². The second kappa shape index (κ2) is 6.68. The average Bonchev–Trinajstić information content (AvgIpc) is 2.42. The second-order valence-corrected chi connectivity index (χ2v) is 7.64. The summed E-state index contributed by atoms with van der Waals surface area (Å²) in [6.45, 7) is 1.21. The third kappa shape index (κ3) is 4.62. The van der Waals surface area contributed by atoms with E-state index in [1.54, 1.807) is 36.4 Å². The van der Waals surface area contributed by atoms with Crippen LogP contribution in [-0.2, 0) is 22.9 Å². The van der Waals surface area contributed by atoms with Gasteiger partial charge in [-0.15, -0.1) is 0 Å². The molecule has 0 saturated heterocycles. The van der Waals surface area contributed by atoms with Crippen molar-refractivity contribution in [2.75, 3.05) is 6.26 Å². The molecule has 0 atom stereocenters. The van der Waals surface area contributed by atoms with Crippen LogP contribution in [0.2, 0.25) is 0 Å². The Morgan fingerprint density at radius 2 is 1.62 bits per heavy atom. The number of rotatable bonds is 5. The van der Waals surface area contributed by atoms with Gasteiger partial charge in [0.15, 0.2) is 9.84 Å². The van der Waals surface area contributed by atoms with Crippen molar-refractivity contribution >= 4 is 25.8 Å². The van der Waals surface area contributed by atoms with Gasteiger partial charge in [-0.25, -0.2) is 12.8 Å². The van der Waals surface area contributed by atoms with Crippen molar-refractivity contribution in [1.82, 2.24) is 5.32 Å². The smallest absolute Gasteiger partial charge is 0.175 e. The number of sulfone groups is 1. The summed E-state index contributed by atoms with van der Waals surface area (Å²) in [5.41, 5.74) is 1.96. The predicted molar refractivity (Wildman–Crippen MR) is 84.2 cm³/mol. The maximum absolute atomic E-state index is 13.1. The highest BCUT2D eigenvalue weighted by molar-refractivity contribution is 9.10. The number of benzene rings is 2. The number of nitrogens with one attached hydrogen (secondary N) is 1. The Hall–Kier alpha value is -1.24. The summed E-state index contributed by atoms with van der Waals surface area (Å²) in [5.74, 6) is -0.282. The lowest BCUT2D eigenvalue weighted by molar-refractivity contribution is 0.601. The van der Waals surface area contributed by atoms with Crippen LogP contribution in [0.1, 0.15) is 11.1 Å². The molecule has 0 aliphatic rings. The Balaban J connectivity index is 1.93. The highest BCUT2D eigenvalue weighted by Crippen LogP contribution is 2.17. The van der Waals surface area contributed by atoms with E-state index in [-0.39, 0.29) is 5.82 Å². The first-order chi connectivity index (χ1) is 9.86. The van der Waals surface area contributed by atoms with E-state index in [1.807, 2.05) is 0 Å². The van der Waals surface area contributed by atoms with E-state index in [0.717, 1.165) is 11.1 Å². The molecule has 2 aromatic rings. The van der Waals surface area contributed by atoms with Gasteiger partial charge in [-0.2, -0.15) is 0 Å². The largest absolute Gasteiger partial charge is 0.309 e. The minimum atomic E-state index is -3.15. The number of hydrogen-bond donors (Lipinski definition) is 1. The van der Waals surface area contributed by atoms with E-state index in [4.69, 9.17) is 0 Å². The van der Waals surface area contributed by atoms with E-state index in [1.165, 1.54) is 12.3 Å². The van der Waals surface area contributed by atoms with Crippen molar-refractivity contribution < 1.29 is 12.8 Å². The van der Waals surface area contributed by atoms with Crippen LogP contribution in [0, 0.1) is 5.82 Å². The van der Waals surface area contributed by atoms with Crippen molar-refractivity contribution in [2.24, 2.45) is 0 Å². The summed E-state index contributed by atoms with van der Waals surface area (Å²) in [6, 6.07) is 11.6. The van der Waals surface area contributed by atoms with Gasteiger partial charge in [0, 0.05) is 19.3 Å². The molecule has 2 rings (SSSR count).